The first-order chi connectivity index (χ1) is 29.0. The lowest BCUT2D eigenvalue weighted by molar-refractivity contribution is 0.927. The van der Waals surface area contributed by atoms with Gasteiger partial charge < -0.3 is 0 Å². The summed E-state index contributed by atoms with van der Waals surface area (Å²) in [6.45, 7) is 5.20. The molecule has 0 nitrogen and oxygen atoms in total. The summed E-state index contributed by atoms with van der Waals surface area (Å²) in [6.07, 6.45) is 5.46. The topological polar surface area (TPSA) is 0 Å². The highest BCUT2D eigenvalue weighted by Crippen LogP contribution is 2.49. The summed E-state index contributed by atoms with van der Waals surface area (Å²) in [5.41, 5.74) is 12.2. The molecule has 12 rings (SSSR count). The highest BCUT2D eigenvalue weighted by atomic mass is 28.3. The molecule has 0 saturated heterocycles. The number of hydrogen-bond donors (Lipinski definition) is 0. The smallest absolute Gasteiger partial charge is 0.0743 e. The zero-order chi connectivity index (χ0) is 39.2. The van der Waals surface area contributed by atoms with Crippen LogP contribution in [0.5, 0.6) is 0 Å². The lowest BCUT2D eigenvalue weighted by Gasteiger charge is -2.30. The molecule has 0 saturated carbocycles. The Morgan fingerprint density at radius 3 is 1.71 bits per heavy atom. The van der Waals surface area contributed by atoms with E-state index in [9.17, 15) is 0 Å². The van der Waals surface area contributed by atoms with Crippen molar-refractivity contribution in [1.82, 2.24) is 0 Å². The van der Waals surface area contributed by atoms with Crippen LogP contribution in [-0.4, -0.2) is 8.07 Å². The Kier molecular flexibility index (Phi) is 7.61. The van der Waals surface area contributed by atoms with Gasteiger partial charge in [0.1, 0.15) is 0 Å². The largest absolute Gasteiger partial charge is 0.0887 e. The molecule has 0 radical (unpaired) electrons. The van der Waals surface area contributed by atoms with Crippen molar-refractivity contribution >= 4 is 68.5 Å². The fourth-order valence-electron chi connectivity index (χ4n) is 11.0. The molecule has 2 atom stereocenters. The molecule has 2 aliphatic rings. The Morgan fingerprint density at radius 2 is 0.949 bits per heavy atom. The van der Waals surface area contributed by atoms with Crippen LogP contribution in [0.25, 0.3) is 99.7 Å². The van der Waals surface area contributed by atoms with Crippen LogP contribution < -0.4 is 15.6 Å². The van der Waals surface area contributed by atoms with Gasteiger partial charge >= 0.3 is 0 Å². The summed E-state index contributed by atoms with van der Waals surface area (Å²) in [4.78, 5) is 0. The average Bonchev–Trinajstić information content (AvgIpc) is 3.52. The second-order valence-corrected chi connectivity index (χ2v) is 21.8. The van der Waals surface area contributed by atoms with E-state index < -0.39 is 8.07 Å². The van der Waals surface area contributed by atoms with Gasteiger partial charge in [0.05, 0.1) is 8.07 Å². The summed E-state index contributed by atoms with van der Waals surface area (Å²) < 4.78 is 0. The van der Waals surface area contributed by atoms with E-state index in [0.29, 0.717) is 11.5 Å². The number of rotatable bonds is 4. The van der Waals surface area contributed by atoms with E-state index in [4.69, 9.17) is 0 Å². The first kappa shape index (κ1) is 34.3. The Balaban J connectivity index is 1.32. The van der Waals surface area contributed by atoms with Crippen LogP contribution in [0.1, 0.15) is 11.5 Å². The Bertz CT molecular complexity index is 3470. The zero-order valence-electron chi connectivity index (χ0n) is 33.3. The minimum absolute atomic E-state index is 0.321. The molecule has 10 aromatic rings. The molecule has 0 N–H and O–H groups in total. The third-order valence-corrected chi connectivity index (χ3v) is 17.8. The van der Waals surface area contributed by atoms with Gasteiger partial charge in [-0.2, -0.15) is 0 Å². The van der Waals surface area contributed by atoms with Crippen molar-refractivity contribution in [3.05, 3.63) is 210 Å². The van der Waals surface area contributed by atoms with Crippen molar-refractivity contribution in [2.24, 2.45) is 0 Å². The molecule has 0 fully saturated rings. The fraction of sp³-hybridized carbons (Fsp3) is 0.0690. The van der Waals surface area contributed by atoms with Gasteiger partial charge in [0, 0.05) is 5.92 Å². The molecular weight excluding hydrogens is 725 g/mol. The van der Waals surface area contributed by atoms with Gasteiger partial charge in [-0.15, -0.1) is 0 Å². The van der Waals surface area contributed by atoms with Crippen molar-refractivity contribution in [3.63, 3.8) is 0 Å². The molecule has 0 amide bonds. The van der Waals surface area contributed by atoms with E-state index in [2.05, 4.69) is 219 Å². The maximum atomic E-state index is 2.75. The van der Waals surface area contributed by atoms with E-state index >= 15 is 0 Å². The minimum Gasteiger partial charge on any atom is -0.0743 e. The third-order valence-electron chi connectivity index (χ3n) is 13.7. The molecule has 1 heterocycles. The molecular formula is C58H42Si. The highest BCUT2D eigenvalue weighted by molar-refractivity contribution is 6.93. The van der Waals surface area contributed by atoms with E-state index in [1.165, 1.54) is 104 Å². The SMILES string of the molecule is C[Si]1(C)c2ccccc2C2C=c3c(-c4c(-c5ccccc5)ccc5ccccc45)c4ccc(-c5cccc6ccccc56)cc4c(-c4cccc5ccccc45)c3=CC21. The van der Waals surface area contributed by atoms with Crippen LogP contribution in [0.15, 0.2) is 194 Å². The summed E-state index contributed by atoms with van der Waals surface area (Å²) in [6, 6.07) is 72.9. The van der Waals surface area contributed by atoms with Gasteiger partial charge in [0.25, 0.3) is 0 Å². The van der Waals surface area contributed by atoms with Gasteiger partial charge in [-0.1, -0.05) is 218 Å². The third kappa shape index (κ3) is 5.14. The second kappa shape index (κ2) is 13.1. The predicted octanol–water partition coefficient (Wildman–Crippen LogP) is 13.6. The number of fused-ring (bicyclic) bond motifs is 8. The first-order valence-electron chi connectivity index (χ1n) is 21.0. The quantitative estimate of drug-likeness (QED) is 0.157. The van der Waals surface area contributed by atoms with Gasteiger partial charge in [-0.25, -0.2) is 0 Å². The van der Waals surface area contributed by atoms with Crippen LogP contribution in [-0.2, 0) is 0 Å². The lowest BCUT2D eigenvalue weighted by Crippen LogP contribution is -2.44. The second-order valence-electron chi connectivity index (χ2n) is 17.2. The number of benzene rings is 10. The molecule has 1 aliphatic heterocycles. The minimum atomic E-state index is -1.92. The van der Waals surface area contributed by atoms with Crippen LogP contribution in [0.2, 0.25) is 18.6 Å². The molecule has 1 heteroatoms. The van der Waals surface area contributed by atoms with Crippen molar-refractivity contribution in [2.45, 2.75) is 24.6 Å². The van der Waals surface area contributed by atoms with Crippen LogP contribution >= 0.6 is 0 Å². The van der Waals surface area contributed by atoms with E-state index in [-0.39, 0.29) is 0 Å². The molecule has 2 unspecified atom stereocenters. The zero-order valence-corrected chi connectivity index (χ0v) is 34.3. The van der Waals surface area contributed by atoms with Gasteiger partial charge in [0.15, 0.2) is 0 Å². The van der Waals surface area contributed by atoms with Crippen molar-refractivity contribution in [3.8, 4) is 44.5 Å². The Morgan fingerprint density at radius 1 is 0.356 bits per heavy atom. The van der Waals surface area contributed by atoms with Crippen molar-refractivity contribution in [1.29, 1.82) is 0 Å². The molecule has 1 aliphatic carbocycles. The molecule has 10 aromatic carbocycles. The summed E-state index contributed by atoms with van der Waals surface area (Å²) >= 11 is 0. The predicted molar refractivity (Wildman–Crippen MR) is 256 cm³/mol. The molecule has 59 heavy (non-hydrogen) atoms. The van der Waals surface area contributed by atoms with E-state index in [0.717, 1.165) is 0 Å². The summed E-state index contributed by atoms with van der Waals surface area (Å²) in [7, 11) is -1.92. The molecule has 0 spiro atoms. The maximum Gasteiger partial charge on any atom is 0.0887 e. The maximum absolute atomic E-state index is 2.75. The monoisotopic (exact) mass is 766 g/mol. The molecule has 0 bridgehead atoms. The summed E-state index contributed by atoms with van der Waals surface area (Å²) in [5.74, 6) is 0.321. The van der Waals surface area contributed by atoms with Crippen LogP contribution in [0, 0.1) is 0 Å². The van der Waals surface area contributed by atoms with Gasteiger partial charge in [0.2, 0.25) is 0 Å². The number of hydrogen-bond acceptors (Lipinski definition) is 0. The van der Waals surface area contributed by atoms with E-state index in [1.54, 1.807) is 5.19 Å². The van der Waals surface area contributed by atoms with Crippen molar-refractivity contribution in [2.75, 3.05) is 0 Å². The van der Waals surface area contributed by atoms with Gasteiger partial charge in [-0.05, 0) is 115 Å². The van der Waals surface area contributed by atoms with E-state index in [1.807, 2.05) is 0 Å². The normalized spacial score (nSPS) is 16.4. The molecule has 278 valence electrons. The van der Waals surface area contributed by atoms with Gasteiger partial charge in [-0.3, -0.25) is 0 Å². The van der Waals surface area contributed by atoms with Crippen LogP contribution in [0.4, 0.5) is 0 Å². The van der Waals surface area contributed by atoms with Crippen LogP contribution in [0.3, 0.4) is 0 Å². The fourth-order valence-corrected chi connectivity index (χ4v) is 14.6. The Hall–Kier alpha value is -6.80. The summed E-state index contributed by atoms with van der Waals surface area (Å²) in [5, 5.41) is 14.5. The lowest BCUT2D eigenvalue weighted by atomic mass is 9.79. The first-order valence-corrected chi connectivity index (χ1v) is 24.1. The highest BCUT2D eigenvalue weighted by Gasteiger charge is 2.46. The average molecular weight is 767 g/mol. The molecule has 0 aromatic heterocycles. The van der Waals surface area contributed by atoms with Crippen molar-refractivity contribution < 1.29 is 0 Å². The Labute approximate surface area is 346 Å². The standard InChI is InChI=1S/C58H42Si/c1-59(2)54-29-13-12-26-47(54)50-35-52-53(36-55(50)59)56(48-28-15-22-38-19-7-10-24-43(38)48)51-34-41(44-27-14-21-37-18-6-9-23-42(37)44)31-33-49(51)58(52)57-45-25-11-8-20-40(45)30-32-46(57)39-16-4-3-5-17-39/h3-36,50,55H,1-2H3.